The van der Waals surface area contributed by atoms with Gasteiger partial charge in [0.25, 0.3) is 0 Å². The van der Waals surface area contributed by atoms with Crippen molar-refractivity contribution in [2.24, 2.45) is 24.8 Å². The number of rotatable bonds is 6. The van der Waals surface area contributed by atoms with Gasteiger partial charge < -0.3 is 10.2 Å². The lowest BCUT2D eigenvalue weighted by atomic mass is 9.88. The van der Waals surface area contributed by atoms with Crippen LogP contribution in [0.25, 0.3) is 11.4 Å². The van der Waals surface area contributed by atoms with E-state index in [1.807, 2.05) is 36.2 Å². The number of carbonyl (C=O) groups is 1. The molecule has 0 bridgehead atoms. The maximum Gasteiger partial charge on any atom is 0.321 e. The number of nitrogens with one attached hydrogen (secondary N) is 1. The number of fused-ring (bicyclic) bond motifs is 1. The van der Waals surface area contributed by atoms with Gasteiger partial charge >= 0.3 is 6.03 Å². The van der Waals surface area contributed by atoms with E-state index in [0.717, 1.165) is 55.8 Å². The first-order valence-electron chi connectivity index (χ1n) is 14.4. The van der Waals surface area contributed by atoms with Crippen LogP contribution in [0.4, 0.5) is 14.9 Å². The Hall–Kier alpha value is -3.33. The zero-order valence-corrected chi connectivity index (χ0v) is 22.9. The van der Waals surface area contributed by atoms with Gasteiger partial charge in [-0.3, -0.25) is 4.90 Å². The highest BCUT2D eigenvalue weighted by Gasteiger charge is 2.46. The molecule has 2 amide bonds. The van der Waals surface area contributed by atoms with Gasteiger partial charge in [-0.1, -0.05) is 19.1 Å². The summed E-state index contributed by atoms with van der Waals surface area (Å²) in [6.45, 7) is 5.98. The summed E-state index contributed by atoms with van der Waals surface area (Å²) in [5.74, 6) is 2.21. The van der Waals surface area contributed by atoms with Crippen LogP contribution in [-0.4, -0.2) is 68.3 Å². The summed E-state index contributed by atoms with van der Waals surface area (Å²) in [6, 6.07) is 13.6. The second-order valence-corrected chi connectivity index (χ2v) is 11.6. The SMILES string of the molecule is CCc1cc(NC(=O)N2CC3CCC(N4CCCC(Cc5ccc(F)cc5)C4)C3C2)cc(-c2nnnn2C)c1. The van der Waals surface area contributed by atoms with E-state index < -0.39 is 0 Å². The molecule has 206 valence electrons. The maximum absolute atomic E-state index is 13.4. The smallest absolute Gasteiger partial charge is 0.321 e. The molecule has 2 aromatic carbocycles. The van der Waals surface area contributed by atoms with E-state index >= 15 is 0 Å². The molecule has 3 heterocycles. The fourth-order valence-electron chi connectivity index (χ4n) is 7.15. The second kappa shape index (κ2) is 11.0. The van der Waals surface area contributed by atoms with E-state index in [2.05, 4.69) is 38.7 Å². The van der Waals surface area contributed by atoms with Crippen LogP contribution in [-0.2, 0) is 19.9 Å². The summed E-state index contributed by atoms with van der Waals surface area (Å²) in [7, 11) is 1.82. The van der Waals surface area contributed by atoms with Crippen LogP contribution in [0.15, 0.2) is 42.5 Å². The van der Waals surface area contributed by atoms with Gasteiger partial charge in [0.2, 0.25) is 0 Å². The number of halogens is 1. The van der Waals surface area contributed by atoms with Gasteiger partial charge in [0.05, 0.1) is 0 Å². The Morgan fingerprint density at radius 1 is 1.05 bits per heavy atom. The van der Waals surface area contributed by atoms with E-state index in [1.54, 1.807) is 16.8 Å². The Morgan fingerprint density at radius 3 is 2.67 bits per heavy atom. The number of piperidine rings is 1. The Kier molecular flexibility index (Phi) is 7.34. The van der Waals surface area contributed by atoms with Gasteiger partial charge in [0.15, 0.2) is 5.82 Å². The second-order valence-electron chi connectivity index (χ2n) is 11.6. The first-order valence-corrected chi connectivity index (χ1v) is 14.4. The molecule has 0 radical (unpaired) electrons. The molecule has 1 N–H and O–H groups in total. The van der Waals surface area contributed by atoms with E-state index in [1.165, 1.54) is 31.2 Å². The molecule has 3 aliphatic rings. The number of aromatic nitrogens is 4. The Labute approximate surface area is 229 Å². The van der Waals surface area contributed by atoms with Gasteiger partial charge in [-0.25, -0.2) is 13.9 Å². The number of hydrogen-bond donors (Lipinski definition) is 1. The van der Waals surface area contributed by atoms with Crippen LogP contribution in [0.5, 0.6) is 0 Å². The zero-order valence-electron chi connectivity index (χ0n) is 22.9. The van der Waals surface area contributed by atoms with Crippen LogP contribution in [0.1, 0.15) is 43.7 Å². The summed E-state index contributed by atoms with van der Waals surface area (Å²) >= 11 is 0. The van der Waals surface area contributed by atoms with Crippen molar-refractivity contribution in [1.82, 2.24) is 30.0 Å². The first-order chi connectivity index (χ1) is 19.0. The largest absolute Gasteiger partial charge is 0.324 e. The number of tetrazole rings is 1. The van der Waals surface area contributed by atoms with E-state index in [9.17, 15) is 9.18 Å². The summed E-state index contributed by atoms with van der Waals surface area (Å²) in [6.07, 6.45) is 6.72. The zero-order chi connectivity index (χ0) is 26.9. The molecular weight excluding hydrogens is 493 g/mol. The van der Waals surface area contributed by atoms with Crippen molar-refractivity contribution in [3.63, 3.8) is 0 Å². The van der Waals surface area contributed by atoms with Crippen molar-refractivity contribution in [3.05, 3.63) is 59.4 Å². The summed E-state index contributed by atoms with van der Waals surface area (Å²) in [5, 5.41) is 15.0. The molecule has 8 nitrogen and oxygen atoms in total. The number of benzene rings is 2. The normalized spacial score (nSPS) is 25.2. The molecule has 4 unspecified atom stereocenters. The van der Waals surface area contributed by atoms with Crippen molar-refractivity contribution in [3.8, 4) is 11.4 Å². The third-order valence-electron chi connectivity index (χ3n) is 9.09. The molecule has 3 aromatic rings. The van der Waals surface area contributed by atoms with Gasteiger partial charge in [0, 0.05) is 44.0 Å². The highest BCUT2D eigenvalue weighted by Crippen LogP contribution is 2.42. The Morgan fingerprint density at radius 2 is 1.90 bits per heavy atom. The molecule has 1 aliphatic carbocycles. The summed E-state index contributed by atoms with van der Waals surface area (Å²) in [4.78, 5) is 18.1. The fourth-order valence-corrected chi connectivity index (χ4v) is 7.15. The predicted molar refractivity (Wildman–Crippen MR) is 149 cm³/mol. The maximum atomic E-state index is 13.4. The molecule has 4 atom stereocenters. The number of likely N-dealkylation sites (tertiary alicyclic amines) is 2. The third kappa shape index (κ3) is 5.55. The predicted octanol–water partition coefficient (Wildman–Crippen LogP) is 4.78. The Balaban J connectivity index is 1.09. The van der Waals surface area contributed by atoms with Crippen molar-refractivity contribution >= 4 is 11.7 Å². The minimum Gasteiger partial charge on any atom is -0.324 e. The summed E-state index contributed by atoms with van der Waals surface area (Å²) < 4.78 is 15.0. The monoisotopic (exact) mass is 531 g/mol. The number of amides is 2. The molecule has 3 fully saturated rings. The summed E-state index contributed by atoms with van der Waals surface area (Å²) in [5.41, 5.74) is 4.04. The van der Waals surface area contributed by atoms with Gasteiger partial charge in [-0.15, -0.1) is 5.10 Å². The van der Waals surface area contributed by atoms with E-state index in [4.69, 9.17) is 0 Å². The van der Waals surface area contributed by atoms with Crippen molar-refractivity contribution in [2.45, 2.75) is 51.5 Å². The van der Waals surface area contributed by atoms with Crippen LogP contribution in [0.3, 0.4) is 0 Å². The molecule has 6 rings (SSSR count). The van der Waals surface area contributed by atoms with Crippen LogP contribution in [0, 0.1) is 23.6 Å². The standard InChI is InChI=1S/C30H38FN7O/c1-3-20-14-24(29-33-34-35-36(29)2)16-26(15-20)32-30(39)38-18-23-8-11-28(27(23)19-38)37-12-4-5-22(17-37)13-21-6-9-25(31)10-7-21/h6-7,9-10,14-16,22-23,27-28H,3-5,8,11-13,17-19H2,1-2H3,(H,32,39). The number of nitrogens with zero attached hydrogens (tertiary/aromatic N) is 6. The third-order valence-corrected chi connectivity index (χ3v) is 9.09. The van der Waals surface area contributed by atoms with Crippen molar-refractivity contribution < 1.29 is 9.18 Å². The average molecular weight is 532 g/mol. The first kappa shape index (κ1) is 25.9. The van der Waals surface area contributed by atoms with Gasteiger partial charge in [-0.05, 0) is 115 Å². The fraction of sp³-hybridized carbons (Fsp3) is 0.533. The highest BCUT2D eigenvalue weighted by molar-refractivity contribution is 5.90. The topological polar surface area (TPSA) is 79.2 Å². The average Bonchev–Trinajstić information content (AvgIpc) is 3.66. The molecule has 1 saturated carbocycles. The molecule has 2 saturated heterocycles. The van der Waals surface area contributed by atoms with Crippen LogP contribution >= 0.6 is 0 Å². The lowest BCUT2D eigenvalue weighted by Crippen LogP contribution is -2.46. The number of urea groups is 1. The molecule has 2 aliphatic heterocycles. The van der Waals surface area contributed by atoms with E-state index in [-0.39, 0.29) is 11.8 Å². The molecule has 9 heteroatoms. The number of anilines is 1. The number of aryl methyl sites for hydroxylation is 2. The minimum atomic E-state index is -0.169. The quantitative estimate of drug-likeness (QED) is 0.496. The highest BCUT2D eigenvalue weighted by atomic mass is 19.1. The Bertz CT molecular complexity index is 1310. The van der Waals surface area contributed by atoms with Crippen molar-refractivity contribution in [2.75, 3.05) is 31.5 Å². The molecule has 0 spiro atoms. The van der Waals surface area contributed by atoms with Gasteiger partial charge in [-0.2, -0.15) is 0 Å². The molecular formula is C30H38FN7O. The van der Waals surface area contributed by atoms with Gasteiger partial charge in [0.1, 0.15) is 5.82 Å². The van der Waals surface area contributed by atoms with E-state index in [0.29, 0.717) is 29.6 Å². The van der Waals surface area contributed by atoms with Crippen LogP contribution < -0.4 is 5.32 Å². The van der Waals surface area contributed by atoms with Crippen molar-refractivity contribution in [1.29, 1.82) is 0 Å². The number of carbonyl (C=O) groups excluding carboxylic acids is 1. The lowest BCUT2D eigenvalue weighted by Gasteiger charge is -2.39. The lowest BCUT2D eigenvalue weighted by molar-refractivity contribution is 0.0965. The minimum absolute atomic E-state index is 0.0220. The number of hydrogen-bond acceptors (Lipinski definition) is 5. The molecule has 1 aromatic heterocycles. The molecule has 39 heavy (non-hydrogen) atoms. The van der Waals surface area contributed by atoms with Crippen LogP contribution in [0.2, 0.25) is 0 Å².